The van der Waals surface area contributed by atoms with E-state index >= 15 is 0 Å². The molecular formula is C11H22N2OS. The normalized spacial score (nSPS) is 23.1. The van der Waals surface area contributed by atoms with Crippen LogP contribution in [-0.2, 0) is 4.79 Å². The van der Waals surface area contributed by atoms with E-state index in [9.17, 15) is 4.79 Å². The van der Waals surface area contributed by atoms with Crippen LogP contribution in [0.25, 0.3) is 0 Å². The minimum absolute atomic E-state index is 0.108. The highest BCUT2D eigenvalue weighted by molar-refractivity contribution is 7.99. The van der Waals surface area contributed by atoms with Gasteiger partial charge in [-0.15, -0.1) is 0 Å². The van der Waals surface area contributed by atoms with Gasteiger partial charge < -0.3 is 10.6 Å². The highest BCUT2D eigenvalue weighted by Gasteiger charge is 2.27. The zero-order chi connectivity index (χ0) is 11.4. The fraction of sp³-hybridized carbons (Fsp3) is 0.909. The van der Waals surface area contributed by atoms with Gasteiger partial charge in [0.25, 0.3) is 0 Å². The summed E-state index contributed by atoms with van der Waals surface area (Å²) in [7, 11) is 1.89. The van der Waals surface area contributed by atoms with Crippen molar-refractivity contribution in [2.45, 2.75) is 38.8 Å². The summed E-state index contributed by atoms with van der Waals surface area (Å²) in [6.45, 7) is 4.19. The number of hydrogen-bond acceptors (Lipinski definition) is 3. The Hall–Kier alpha value is -0.220. The lowest BCUT2D eigenvalue weighted by Gasteiger charge is -2.27. The van der Waals surface area contributed by atoms with Gasteiger partial charge in [0.05, 0.1) is 6.04 Å². The van der Waals surface area contributed by atoms with Crippen molar-refractivity contribution in [2.24, 2.45) is 11.7 Å². The molecule has 0 saturated carbocycles. The molecule has 3 nitrogen and oxygen atoms in total. The van der Waals surface area contributed by atoms with E-state index in [0.29, 0.717) is 12.0 Å². The SMILES string of the molecule is CC(C)C[C@H](N)C(=O)N(C)[C@@H]1CCSC1. The van der Waals surface area contributed by atoms with Gasteiger partial charge in [0.15, 0.2) is 0 Å². The number of rotatable bonds is 4. The zero-order valence-electron chi connectivity index (χ0n) is 9.90. The van der Waals surface area contributed by atoms with E-state index in [1.165, 1.54) is 5.75 Å². The molecule has 15 heavy (non-hydrogen) atoms. The first-order valence-corrected chi connectivity index (χ1v) is 6.77. The third-order valence-corrected chi connectivity index (χ3v) is 3.99. The molecule has 0 bridgehead atoms. The Morgan fingerprint density at radius 2 is 2.27 bits per heavy atom. The van der Waals surface area contributed by atoms with Gasteiger partial charge in [0.1, 0.15) is 0 Å². The quantitative estimate of drug-likeness (QED) is 0.792. The van der Waals surface area contributed by atoms with Gasteiger partial charge in [-0.3, -0.25) is 4.79 Å². The minimum atomic E-state index is -0.319. The summed E-state index contributed by atoms with van der Waals surface area (Å²) in [5.74, 6) is 2.82. The van der Waals surface area contributed by atoms with E-state index < -0.39 is 0 Å². The number of nitrogens with zero attached hydrogens (tertiary/aromatic N) is 1. The van der Waals surface area contributed by atoms with Gasteiger partial charge >= 0.3 is 0 Å². The highest BCUT2D eigenvalue weighted by atomic mass is 32.2. The largest absolute Gasteiger partial charge is 0.341 e. The fourth-order valence-electron chi connectivity index (χ4n) is 1.88. The molecule has 0 aromatic carbocycles. The predicted octanol–water partition coefficient (Wildman–Crippen LogP) is 1.32. The van der Waals surface area contributed by atoms with E-state index in [4.69, 9.17) is 5.73 Å². The van der Waals surface area contributed by atoms with Gasteiger partial charge in [0.2, 0.25) is 5.91 Å². The van der Waals surface area contributed by atoms with Crippen LogP contribution in [0.15, 0.2) is 0 Å². The summed E-state index contributed by atoms with van der Waals surface area (Å²) in [5, 5.41) is 0. The van der Waals surface area contributed by atoms with Crippen LogP contribution in [0.3, 0.4) is 0 Å². The second-order valence-corrected chi connectivity index (χ2v) is 5.85. The van der Waals surface area contributed by atoms with E-state index in [-0.39, 0.29) is 11.9 Å². The molecule has 0 aromatic rings. The van der Waals surface area contributed by atoms with Crippen LogP contribution in [0, 0.1) is 5.92 Å². The number of hydrogen-bond donors (Lipinski definition) is 1. The van der Waals surface area contributed by atoms with Crippen molar-refractivity contribution in [1.82, 2.24) is 4.90 Å². The van der Waals surface area contributed by atoms with Gasteiger partial charge in [0, 0.05) is 18.8 Å². The standard InChI is InChI=1S/C11H22N2OS/c1-8(2)6-10(12)11(14)13(3)9-4-5-15-7-9/h8-10H,4-7,12H2,1-3H3/t9-,10+/m1/s1. The number of thioether (sulfide) groups is 1. The minimum Gasteiger partial charge on any atom is -0.341 e. The first-order chi connectivity index (χ1) is 7.02. The summed E-state index contributed by atoms with van der Waals surface area (Å²) >= 11 is 1.92. The van der Waals surface area contributed by atoms with Crippen LogP contribution in [0.2, 0.25) is 0 Å². The fourth-order valence-corrected chi connectivity index (χ4v) is 3.15. The van der Waals surface area contributed by atoms with Crippen LogP contribution >= 0.6 is 11.8 Å². The van der Waals surface area contributed by atoms with Crippen molar-refractivity contribution < 1.29 is 4.79 Å². The average molecular weight is 230 g/mol. The Kier molecular flexibility index (Phi) is 4.93. The monoisotopic (exact) mass is 230 g/mol. The Balaban J connectivity index is 2.43. The molecule has 2 atom stereocenters. The predicted molar refractivity (Wildman–Crippen MR) is 65.9 cm³/mol. The molecule has 88 valence electrons. The molecule has 1 heterocycles. The smallest absolute Gasteiger partial charge is 0.239 e. The van der Waals surface area contributed by atoms with Crippen molar-refractivity contribution >= 4 is 17.7 Å². The first-order valence-electron chi connectivity index (χ1n) is 5.62. The third-order valence-electron chi connectivity index (χ3n) is 2.84. The molecule has 0 aliphatic carbocycles. The molecule has 1 amide bonds. The number of nitrogens with two attached hydrogens (primary N) is 1. The van der Waals surface area contributed by atoms with Crippen LogP contribution in [0.5, 0.6) is 0 Å². The number of carbonyl (C=O) groups excluding carboxylic acids is 1. The molecule has 1 aliphatic heterocycles. The molecule has 1 aliphatic rings. The molecule has 2 N–H and O–H groups in total. The summed E-state index contributed by atoms with van der Waals surface area (Å²) in [6.07, 6.45) is 1.89. The second kappa shape index (κ2) is 5.75. The van der Waals surface area contributed by atoms with Gasteiger partial charge in [-0.2, -0.15) is 11.8 Å². The van der Waals surface area contributed by atoms with Crippen molar-refractivity contribution in [3.05, 3.63) is 0 Å². The number of amides is 1. The van der Waals surface area contributed by atoms with Crippen molar-refractivity contribution in [1.29, 1.82) is 0 Å². The summed E-state index contributed by atoms with van der Waals surface area (Å²) in [5.41, 5.74) is 5.89. The van der Waals surface area contributed by atoms with Gasteiger partial charge in [-0.1, -0.05) is 13.8 Å². The van der Waals surface area contributed by atoms with Crippen LogP contribution in [0.4, 0.5) is 0 Å². The number of carbonyl (C=O) groups is 1. The lowest BCUT2D eigenvalue weighted by molar-refractivity contribution is -0.133. The lowest BCUT2D eigenvalue weighted by atomic mass is 10.0. The van der Waals surface area contributed by atoms with E-state index in [2.05, 4.69) is 13.8 Å². The molecule has 0 aromatic heterocycles. The molecule has 4 heteroatoms. The summed E-state index contributed by atoms with van der Waals surface area (Å²) in [4.78, 5) is 13.8. The van der Waals surface area contributed by atoms with E-state index in [0.717, 1.165) is 18.6 Å². The van der Waals surface area contributed by atoms with Crippen molar-refractivity contribution in [3.8, 4) is 0 Å². The highest BCUT2D eigenvalue weighted by Crippen LogP contribution is 2.22. The van der Waals surface area contributed by atoms with Crippen LogP contribution < -0.4 is 5.73 Å². The Labute approximate surface area is 96.8 Å². The molecule has 1 saturated heterocycles. The molecule has 0 unspecified atom stereocenters. The Morgan fingerprint density at radius 3 is 2.73 bits per heavy atom. The van der Waals surface area contributed by atoms with Crippen LogP contribution in [0.1, 0.15) is 26.7 Å². The Morgan fingerprint density at radius 1 is 1.60 bits per heavy atom. The van der Waals surface area contributed by atoms with Gasteiger partial charge in [-0.25, -0.2) is 0 Å². The molecule has 1 fully saturated rings. The summed E-state index contributed by atoms with van der Waals surface area (Å²) in [6, 6.07) is 0.0845. The third kappa shape index (κ3) is 3.68. The van der Waals surface area contributed by atoms with Crippen LogP contribution in [-0.4, -0.2) is 41.4 Å². The maximum Gasteiger partial charge on any atom is 0.239 e. The zero-order valence-corrected chi connectivity index (χ0v) is 10.7. The average Bonchev–Trinajstić information content (AvgIpc) is 2.67. The number of likely N-dealkylation sites (N-methyl/N-ethyl adjacent to an activating group) is 1. The van der Waals surface area contributed by atoms with Crippen molar-refractivity contribution in [2.75, 3.05) is 18.6 Å². The van der Waals surface area contributed by atoms with E-state index in [1.54, 1.807) is 0 Å². The van der Waals surface area contributed by atoms with Gasteiger partial charge in [-0.05, 0) is 24.5 Å². The Bertz CT molecular complexity index is 215. The maximum atomic E-state index is 12.0. The maximum absolute atomic E-state index is 12.0. The first kappa shape index (κ1) is 12.8. The lowest BCUT2D eigenvalue weighted by Crippen LogP contribution is -2.47. The topological polar surface area (TPSA) is 46.3 Å². The van der Waals surface area contributed by atoms with E-state index in [1.807, 2.05) is 23.7 Å². The molecule has 1 rings (SSSR count). The molecule has 0 spiro atoms. The molecule has 0 radical (unpaired) electrons. The van der Waals surface area contributed by atoms with Crippen molar-refractivity contribution in [3.63, 3.8) is 0 Å². The second-order valence-electron chi connectivity index (χ2n) is 4.70. The summed E-state index contributed by atoms with van der Waals surface area (Å²) < 4.78 is 0. The molecular weight excluding hydrogens is 208 g/mol.